The Morgan fingerprint density at radius 1 is 1.17 bits per heavy atom. The highest BCUT2D eigenvalue weighted by Gasteiger charge is 2.07. The van der Waals surface area contributed by atoms with Gasteiger partial charge in [0.2, 0.25) is 5.91 Å². The molecule has 0 spiro atoms. The van der Waals surface area contributed by atoms with Crippen LogP contribution in [0, 0.1) is 0 Å². The number of nitrogens with zero attached hydrogens (tertiary/aromatic N) is 1. The number of carbonyl (C=O) groups is 2. The summed E-state index contributed by atoms with van der Waals surface area (Å²) in [6.07, 6.45) is 3.79. The normalized spacial score (nSPS) is 9.96. The number of benzene rings is 1. The van der Waals surface area contributed by atoms with Gasteiger partial charge in [0.1, 0.15) is 5.75 Å². The second-order valence-electron chi connectivity index (χ2n) is 4.65. The van der Waals surface area contributed by atoms with E-state index in [0.29, 0.717) is 18.6 Å². The second kappa shape index (κ2) is 8.89. The summed E-state index contributed by atoms with van der Waals surface area (Å²) in [7, 11) is 0. The van der Waals surface area contributed by atoms with E-state index in [-0.39, 0.29) is 12.3 Å². The number of carbonyl (C=O) groups excluding carboxylic acids is 2. The minimum Gasteiger partial charge on any atom is -0.494 e. The van der Waals surface area contributed by atoms with Gasteiger partial charge < -0.3 is 4.74 Å². The van der Waals surface area contributed by atoms with Crippen LogP contribution in [0.3, 0.4) is 0 Å². The fraction of sp³-hybridized carbons (Fsp3) is 0.188. The van der Waals surface area contributed by atoms with E-state index >= 15 is 0 Å². The first-order valence-corrected chi connectivity index (χ1v) is 7.82. The number of hydrogen-bond acceptors (Lipinski definition) is 4. The van der Waals surface area contributed by atoms with Gasteiger partial charge in [0.05, 0.1) is 12.2 Å². The molecule has 1 aromatic carbocycles. The summed E-state index contributed by atoms with van der Waals surface area (Å²) in [5.74, 6) is 0.0570. The zero-order valence-corrected chi connectivity index (χ0v) is 13.9. The van der Waals surface area contributed by atoms with Crippen molar-refractivity contribution in [2.75, 3.05) is 6.61 Å². The number of amides is 2. The van der Waals surface area contributed by atoms with Crippen molar-refractivity contribution < 1.29 is 14.3 Å². The van der Waals surface area contributed by atoms with Crippen LogP contribution in [0.2, 0.25) is 0 Å². The lowest BCUT2D eigenvalue weighted by atomic mass is 10.3. The van der Waals surface area contributed by atoms with Gasteiger partial charge in [-0.25, -0.2) is 0 Å². The molecule has 6 nitrogen and oxygen atoms in total. The Morgan fingerprint density at radius 2 is 2.04 bits per heavy atom. The van der Waals surface area contributed by atoms with E-state index in [2.05, 4.69) is 31.8 Å². The molecule has 1 aromatic heterocycles. The predicted molar refractivity (Wildman–Crippen MR) is 88.7 cm³/mol. The predicted octanol–water partition coefficient (Wildman–Crippen LogP) is 2.46. The van der Waals surface area contributed by atoms with Gasteiger partial charge in [0, 0.05) is 23.3 Å². The number of hydrazine groups is 1. The van der Waals surface area contributed by atoms with Crippen LogP contribution in [-0.4, -0.2) is 23.4 Å². The average molecular weight is 378 g/mol. The Bertz CT molecular complexity index is 665. The first-order chi connectivity index (χ1) is 11.1. The summed E-state index contributed by atoms with van der Waals surface area (Å²) in [5.41, 5.74) is 5.08. The quantitative estimate of drug-likeness (QED) is 0.598. The molecule has 23 heavy (non-hydrogen) atoms. The third kappa shape index (κ3) is 6.07. The van der Waals surface area contributed by atoms with Crippen molar-refractivity contribution in [3.63, 3.8) is 0 Å². The maximum Gasteiger partial charge on any atom is 0.271 e. The van der Waals surface area contributed by atoms with Gasteiger partial charge in [-0.15, -0.1) is 0 Å². The number of hydrogen-bond donors (Lipinski definition) is 2. The number of nitrogens with one attached hydrogen (secondary N) is 2. The summed E-state index contributed by atoms with van der Waals surface area (Å²) < 4.78 is 6.46. The smallest absolute Gasteiger partial charge is 0.271 e. The lowest BCUT2D eigenvalue weighted by molar-refractivity contribution is -0.122. The Balaban J connectivity index is 1.63. The molecule has 2 N–H and O–H groups in total. The molecule has 7 heteroatoms. The third-order valence-electron chi connectivity index (χ3n) is 2.85. The van der Waals surface area contributed by atoms with Gasteiger partial charge in [0.15, 0.2) is 0 Å². The summed E-state index contributed by atoms with van der Waals surface area (Å²) in [4.78, 5) is 27.2. The van der Waals surface area contributed by atoms with Crippen molar-refractivity contribution in [1.29, 1.82) is 0 Å². The molecule has 0 aliphatic rings. The molecule has 1 heterocycles. The molecule has 0 unspecified atom stereocenters. The summed E-state index contributed by atoms with van der Waals surface area (Å²) in [5, 5.41) is 0. The fourth-order valence-corrected chi connectivity index (χ4v) is 2.12. The van der Waals surface area contributed by atoms with Crippen molar-refractivity contribution in [1.82, 2.24) is 15.8 Å². The molecular formula is C16H16BrN3O3. The molecule has 0 radical (unpaired) electrons. The van der Waals surface area contributed by atoms with Crippen molar-refractivity contribution >= 4 is 27.7 Å². The Morgan fingerprint density at radius 3 is 2.78 bits per heavy atom. The van der Waals surface area contributed by atoms with Gasteiger partial charge in [-0.3, -0.25) is 25.4 Å². The first kappa shape index (κ1) is 17.0. The molecule has 120 valence electrons. The maximum absolute atomic E-state index is 11.7. The number of pyridine rings is 1. The molecular weight excluding hydrogens is 362 g/mol. The Kier molecular flexibility index (Phi) is 6.56. The highest BCUT2D eigenvalue weighted by Crippen LogP contribution is 2.17. The van der Waals surface area contributed by atoms with Crippen LogP contribution >= 0.6 is 15.9 Å². The van der Waals surface area contributed by atoms with Crippen LogP contribution in [0.1, 0.15) is 23.2 Å². The zero-order chi connectivity index (χ0) is 16.5. The molecule has 2 amide bonds. The van der Waals surface area contributed by atoms with E-state index in [9.17, 15) is 9.59 Å². The van der Waals surface area contributed by atoms with E-state index < -0.39 is 5.91 Å². The molecule has 2 rings (SSSR count). The number of rotatable bonds is 6. The minimum absolute atomic E-state index is 0.251. The van der Waals surface area contributed by atoms with Gasteiger partial charge in [0.25, 0.3) is 5.91 Å². The molecule has 0 aliphatic heterocycles. The SMILES string of the molecule is O=C(CCCOc1cccc(Br)c1)NNC(=O)c1cccnc1. The topological polar surface area (TPSA) is 80.3 Å². The van der Waals surface area contributed by atoms with E-state index in [4.69, 9.17) is 4.74 Å². The highest BCUT2D eigenvalue weighted by molar-refractivity contribution is 9.10. The molecule has 2 aromatic rings. The van der Waals surface area contributed by atoms with Crippen molar-refractivity contribution in [2.45, 2.75) is 12.8 Å². The van der Waals surface area contributed by atoms with Crippen molar-refractivity contribution in [2.24, 2.45) is 0 Å². The number of aromatic nitrogens is 1. The minimum atomic E-state index is -0.406. The first-order valence-electron chi connectivity index (χ1n) is 7.03. The summed E-state index contributed by atoms with van der Waals surface area (Å²) >= 11 is 3.36. The van der Waals surface area contributed by atoms with Crippen LogP contribution < -0.4 is 15.6 Å². The standard InChI is InChI=1S/C16H16BrN3O3/c17-13-5-1-6-14(10-13)23-9-3-7-15(21)19-20-16(22)12-4-2-8-18-11-12/h1-2,4-6,8,10-11H,3,7,9H2,(H,19,21)(H,20,22). The van der Waals surface area contributed by atoms with Crippen molar-refractivity contribution in [3.8, 4) is 5.75 Å². The number of ether oxygens (including phenoxy) is 1. The van der Waals surface area contributed by atoms with Crippen molar-refractivity contribution in [3.05, 3.63) is 58.8 Å². The van der Waals surface area contributed by atoms with Crippen LogP contribution in [0.25, 0.3) is 0 Å². The van der Waals surface area contributed by atoms with E-state index in [1.165, 1.54) is 6.20 Å². The van der Waals surface area contributed by atoms with Crippen LogP contribution in [0.15, 0.2) is 53.3 Å². The van der Waals surface area contributed by atoms with Gasteiger partial charge >= 0.3 is 0 Å². The van der Waals surface area contributed by atoms with Gasteiger partial charge in [-0.1, -0.05) is 22.0 Å². The average Bonchev–Trinajstić information content (AvgIpc) is 2.57. The lowest BCUT2D eigenvalue weighted by Gasteiger charge is -2.08. The van der Waals surface area contributed by atoms with Crippen LogP contribution in [-0.2, 0) is 4.79 Å². The maximum atomic E-state index is 11.7. The van der Waals surface area contributed by atoms with E-state index in [0.717, 1.165) is 10.2 Å². The third-order valence-corrected chi connectivity index (χ3v) is 3.35. The summed E-state index contributed by atoms with van der Waals surface area (Å²) in [6.45, 7) is 0.417. The molecule has 0 fully saturated rings. The Labute approximate surface area is 142 Å². The molecule has 0 aliphatic carbocycles. The van der Waals surface area contributed by atoms with Gasteiger partial charge in [-0.05, 0) is 36.8 Å². The Hall–Kier alpha value is -2.41. The van der Waals surface area contributed by atoms with E-state index in [1.54, 1.807) is 18.3 Å². The molecule has 0 saturated carbocycles. The molecule has 0 atom stereocenters. The zero-order valence-electron chi connectivity index (χ0n) is 12.3. The number of halogens is 1. The second-order valence-corrected chi connectivity index (χ2v) is 5.57. The monoisotopic (exact) mass is 377 g/mol. The highest BCUT2D eigenvalue weighted by atomic mass is 79.9. The molecule has 0 saturated heterocycles. The van der Waals surface area contributed by atoms with E-state index in [1.807, 2.05) is 24.3 Å². The lowest BCUT2D eigenvalue weighted by Crippen LogP contribution is -2.41. The largest absolute Gasteiger partial charge is 0.494 e. The fourth-order valence-electron chi connectivity index (χ4n) is 1.74. The molecule has 0 bridgehead atoms. The van der Waals surface area contributed by atoms with Gasteiger partial charge in [-0.2, -0.15) is 0 Å². The summed E-state index contributed by atoms with van der Waals surface area (Å²) in [6, 6.07) is 10.7. The van der Waals surface area contributed by atoms with Crippen LogP contribution in [0.5, 0.6) is 5.75 Å². The van der Waals surface area contributed by atoms with Crippen LogP contribution in [0.4, 0.5) is 0 Å².